The fourth-order valence-electron chi connectivity index (χ4n) is 1.89. The number of anilines is 2. The van der Waals surface area contributed by atoms with Crippen LogP contribution in [-0.2, 0) is 10.0 Å². The van der Waals surface area contributed by atoms with E-state index in [0.717, 1.165) is 0 Å². The Hall–Kier alpha value is -2.91. The first kappa shape index (κ1) is 17.4. The van der Waals surface area contributed by atoms with Crippen LogP contribution in [0, 0.1) is 5.41 Å². The van der Waals surface area contributed by atoms with Gasteiger partial charge in [0.15, 0.2) is 0 Å². The van der Waals surface area contributed by atoms with Crippen molar-refractivity contribution in [2.45, 2.75) is 4.90 Å². The summed E-state index contributed by atoms with van der Waals surface area (Å²) in [5, 5.41) is 12.6. The number of sulfonamides is 1. The largest absolute Gasteiger partial charge is 0.384 e. The number of rotatable bonds is 5. The molecule has 0 saturated carbocycles. The van der Waals surface area contributed by atoms with Crippen molar-refractivity contribution >= 4 is 33.3 Å². The summed E-state index contributed by atoms with van der Waals surface area (Å²) in [5.41, 5.74) is 6.81. The third-order valence-electron chi connectivity index (χ3n) is 3.12. The van der Waals surface area contributed by atoms with Crippen molar-refractivity contribution in [1.82, 2.24) is 4.72 Å². The second kappa shape index (κ2) is 7.11. The van der Waals surface area contributed by atoms with E-state index in [1.807, 2.05) is 0 Å². The highest BCUT2D eigenvalue weighted by molar-refractivity contribution is 7.89. The van der Waals surface area contributed by atoms with Crippen LogP contribution < -0.4 is 21.1 Å². The Morgan fingerprint density at radius 3 is 2.25 bits per heavy atom. The number of benzene rings is 2. The van der Waals surface area contributed by atoms with Crippen molar-refractivity contribution in [3.63, 3.8) is 0 Å². The molecule has 0 aliphatic heterocycles. The lowest BCUT2D eigenvalue weighted by molar-refractivity contribution is 0.262. The van der Waals surface area contributed by atoms with E-state index < -0.39 is 16.1 Å². The Morgan fingerprint density at radius 2 is 1.67 bits per heavy atom. The molecule has 0 aliphatic rings. The minimum absolute atomic E-state index is 0.0969. The molecule has 0 saturated heterocycles. The maximum Gasteiger partial charge on any atom is 0.323 e. The Balaban J connectivity index is 2.05. The normalized spacial score (nSPS) is 10.9. The van der Waals surface area contributed by atoms with Gasteiger partial charge in [-0.15, -0.1) is 0 Å². The summed E-state index contributed by atoms with van der Waals surface area (Å²) in [6, 6.07) is 11.8. The highest BCUT2D eigenvalue weighted by Gasteiger charge is 2.11. The van der Waals surface area contributed by atoms with E-state index in [-0.39, 0.29) is 10.7 Å². The molecule has 0 radical (unpaired) electrons. The predicted molar refractivity (Wildman–Crippen MR) is 92.8 cm³/mol. The number of nitrogens with two attached hydrogens (primary N) is 1. The number of amidine groups is 1. The minimum Gasteiger partial charge on any atom is -0.384 e. The Kier molecular flexibility index (Phi) is 5.17. The van der Waals surface area contributed by atoms with Crippen molar-refractivity contribution in [1.29, 1.82) is 5.41 Å². The van der Waals surface area contributed by atoms with Crippen LogP contribution in [0.15, 0.2) is 53.4 Å². The summed E-state index contributed by atoms with van der Waals surface area (Å²) in [6.45, 7) is 0. The van der Waals surface area contributed by atoms with Gasteiger partial charge in [-0.2, -0.15) is 0 Å². The number of hydrogen-bond donors (Lipinski definition) is 5. The molecule has 6 N–H and O–H groups in total. The Morgan fingerprint density at radius 1 is 1.04 bits per heavy atom. The Bertz CT molecular complexity index is 863. The van der Waals surface area contributed by atoms with E-state index in [1.165, 1.54) is 31.3 Å². The van der Waals surface area contributed by atoms with E-state index in [0.29, 0.717) is 16.9 Å². The van der Waals surface area contributed by atoms with Crippen LogP contribution in [0.5, 0.6) is 0 Å². The average molecular weight is 347 g/mol. The highest BCUT2D eigenvalue weighted by atomic mass is 32.2. The van der Waals surface area contributed by atoms with Crippen LogP contribution in [0.2, 0.25) is 0 Å². The number of nitrogens with one attached hydrogen (secondary N) is 4. The summed E-state index contributed by atoms with van der Waals surface area (Å²) in [4.78, 5) is 12.1. The SMILES string of the molecule is CNS(=O)(=O)c1ccc(NC(=O)Nc2cccc(C(=N)N)c2)cc1. The molecule has 2 aromatic rings. The highest BCUT2D eigenvalue weighted by Crippen LogP contribution is 2.15. The van der Waals surface area contributed by atoms with Crippen molar-refractivity contribution in [3.8, 4) is 0 Å². The van der Waals surface area contributed by atoms with Gasteiger partial charge in [-0.25, -0.2) is 17.9 Å². The fourth-order valence-corrected chi connectivity index (χ4v) is 2.62. The number of urea groups is 1. The standard InChI is InChI=1S/C15H17N5O3S/c1-18-24(22,23)13-7-5-11(6-8-13)19-15(21)20-12-4-2-3-10(9-12)14(16)17/h2-9,18H,1H3,(H3,16,17)(H2,19,20,21). The third-order valence-corrected chi connectivity index (χ3v) is 4.55. The summed E-state index contributed by atoms with van der Waals surface area (Å²) >= 11 is 0. The molecule has 2 amide bonds. The van der Waals surface area contributed by atoms with Gasteiger partial charge in [0.05, 0.1) is 4.90 Å². The van der Waals surface area contributed by atoms with E-state index in [2.05, 4.69) is 15.4 Å². The molecule has 0 atom stereocenters. The van der Waals surface area contributed by atoms with Gasteiger partial charge >= 0.3 is 6.03 Å². The van der Waals surface area contributed by atoms with Gasteiger partial charge in [0.25, 0.3) is 0 Å². The van der Waals surface area contributed by atoms with Crippen molar-refractivity contribution in [2.75, 3.05) is 17.7 Å². The number of nitrogen functional groups attached to an aromatic ring is 1. The number of hydrogen-bond acceptors (Lipinski definition) is 4. The zero-order valence-corrected chi connectivity index (χ0v) is 13.6. The van der Waals surface area contributed by atoms with Crippen molar-refractivity contribution in [2.24, 2.45) is 5.73 Å². The van der Waals surface area contributed by atoms with Gasteiger partial charge < -0.3 is 16.4 Å². The average Bonchev–Trinajstić information content (AvgIpc) is 2.55. The quantitative estimate of drug-likeness (QED) is 0.413. The molecule has 126 valence electrons. The number of carbonyl (C=O) groups is 1. The van der Waals surface area contributed by atoms with Crippen LogP contribution in [0.25, 0.3) is 0 Å². The molecule has 24 heavy (non-hydrogen) atoms. The van der Waals surface area contributed by atoms with Crippen LogP contribution in [0.1, 0.15) is 5.56 Å². The molecule has 0 aliphatic carbocycles. The molecule has 0 bridgehead atoms. The topological polar surface area (TPSA) is 137 Å². The molecule has 0 spiro atoms. The van der Waals surface area contributed by atoms with Crippen molar-refractivity contribution in [3.05, 3.63) is 54.1 Å². The van der Waals surface area contributed by atoms with Gasteiger partial charge in [-0.1, -0.05) is 12.1 Å². The van der Waals surface area contributed by atoms with Crippen LogP contribution >= 0.6 is 0 Å². The van der Waals surface area contributed by atoms with Crippen molar-refractivity contribution < 1.29 is 13.2 Å². The molecule has 8 nitrogen and oxygen atoms in total. The van der Waals surface area contributed by atoms with Gasteiger partial charge in [-0.3, -0.25) is 5.41 Å². The summed E-state index contributed by atoms with van der Waals surface area (Å²) < 4.78 is 25.5. The van der Waals surface area contributed by atoms with Gasteiger partial charge in [-0.05, 0) is 43.4 Å². The predicted octanol–water partition coefficient (Wildman–Crippen LogP) is 1.52. The second-order valence-electron chi connectivity index (χ2n) is 4.81. The number of amides is 2. The first-order valence-corrected chi connectivity index (χ1v) is 8.36. The lowest BCUT2D eigenvalue weighted by Gasteiger charge is -2.09. The first-order chi connectivity index (χ1) is 11.3. The molecule has 2 rings (SSSR count). The van der Waals surface area contributed by atoms with Gasteiger partial charge in [0.1, 0.15) is 5.84 Å². The lowest BCUT2D eigenvalue weighted by atomic mass is 10.2. The molecule has 0 aromatic heterocycles. The lowest BCUT2D eigenvalue weighted by Crippen LogP contribution is -2.20. The zero-order valence-electron chi connectivity index (χ0n) is 12.8. The van der Waals surface area contributed by atoms with Crippen LogP contribution in [-0.4, -0.2) is 27.3 Å². The second-order valence-corrected chi connectivity index (χ2v) is 6.69. The molecule has 9 heteroatoms. The molecular formula is C15H17N5O3S. The minimum atomic E-state index is -3.52. The summed E-state index contributed by atoms with van der Waals surface area (Å²) in [5.74, 6) is -0.0969. The molecule has 0 unspecified atom stereocenters. The summed E-state index contributed by atoms with van der Waals surface area (Å²) in [6.07, 6.45) is 0. The monoisotopic (exact) mass is 347 g/mol. The Labute approximate surface area is 139 Å². The molecule has 0 heterocycles. The van der Waals surface area contributed by atoms with E-state index in [9.17, 15) is 13.2 Å². The van der Waals surface area contributed by atoms with Crippen LogP contribution in [0.4, 0.5) is 16.2 Å². The summed E-state index contributed by atoms with van der Waals surface area (Å²) in [7, 11) is -2.19. The first-order valence-electron chi connectivity index (χ1n) is 6.88. The van der Waals surface area contributed by atoms with E-state index >= 15 is 0 Å². The van der Waals surface area contributed by atoms with E-state index in [1.54, 1.807) is 24.3 Å². The molecular weight excluding hydrogens is 330 g/mol. The van der Waals surface area contributed by atoms with Crippen LogP contribution in [0.3, 0.4) is 0 Å². The molecule has 2 aromatic carbocycles. The van der Waals surface area contributed by atoms with E-state index in [4.69, 9.17) is 11.1 Å². The smallest absolute Gasteiger partial charge is 0.323 e. The van der Waals surface area contributed by atoms with Gasteiger partial charge in [0.2, 0.25) is 10.0 Å². The third kappa shape index (κ3) is 4.31. The number of carbonyl (C=O) groups excluding carboxylic acids is 1. The molecule has 0 fully saturated rings. The van der Waals surface area contributed by atoms with Gasteiger partial charge in [0, 0.05) is 16.9 Å². The zero-order chi connectivity index (χ0) is 17.7. The maximum atomic E-state index is 12.0. The fraction of sp³-hybridized carbons (Fsp3) is 0.0667. The maximum absolute atomic E-state index is 12.0.